The number of fused-ring (bicyclic) bond motifs is 3. The Morgan fingerprint density at radius 2 is 2.21 bits per heavy atom. The highest BCUT2D eigenvalue weighted by Crippen LogP contribution is 2.26. The van der Waals surface area contributed by atoms with Gasteiger partial charge in [0.15, 0.2) is 0 Å². The lowest BCUT2D eigenvalue weighted by molar-refractivity contribution is -0.144. The lowest BCUT2D eigenvalue weighted by atomic mass is 10.2. The summed E-state index contributed by atoms with van der Waals surface area (Å²) in [7, 11) is 0. The molecule has 24 heavy (non-hydrogen) atoms. The summed E-state index contributed by atoms with van der Waals surface area (Å²) < 4.78 is 46.2. The topological polar surface area (TPSA) is 74.3 Å². The number of aromatic nitrogens is 5. The molecule has 4 rings (SSSR count). The van der Waals surface area contributed by atoms with Crippen LogP contribution in [0.4, 0.5) is 13.2 Å². The molecule has 1 aliphatic heterocycles. The third-order valence-electron chi connectivity index (χ3n) is 3.98. The molecule has 4 heterocycles. The summed E-state index contributed by atoms with van der Waals surface area (Å²) in [6.45, 7) is 1.08. The number of halogens is 3. The van der Waals surface area contributed by atoms with E-state index in [9.17, 15) is 18.0 Å². The minimum atomic E-state index is -4.67. The first-order valence-electron chi connectivity index (χ1n) is 7.37. The van der Waals surface area contributed by atoms with E-state index in [1.807, 2.05) is 0 Å². The van der Waals surface area contributed by atoms with Gasteiger partial charge in [-0.05, 0) is 18.9 Å². The van der Waals surface area contributed by atoms with Crippen LogP contribution in [0.1, 0.15) is 18.7 Å². The zero-order chi connectivity index (χ0) is 16.9. The van der Waals surface area contributed by atoms with Gasteiger partial charge in [0.1, 0.15) is 0 Å². The maximum Gasteiger partial charge on any atom is 0.453 e. The SMILES string of the molecule is O=c1c2cnc3nc(C(F)(F)F)nn3c2ccn1C[C@H]1CCCO1. The summed E-state index contributed by atoms with van der Waals surface area (Å²) in [5.41, 5.74) is -0.113. The van der Waals surface area contributed by atoms with Crippen molar-refractivity contribution in [3.05, 3.63) is 34.6 Å². The van der Waals surface area contributed by atoms with Gasteiger partial charge in [0.2, 0.25) is 0 Å². The van der Waals surface area contributed by atoms with Crippen molar-refractivity contribution in [3.63, 3.8) is 0 Å². The molecule has 1 saturated heterocycles. The predicted molar refractivity (Wildman–Crippen MR) is 76.5 cm³/mol. The molecular formula is C14H12F3N5O2. The Morgan fingerprint density at radius 3 is 2.92 bits per heavy atom. The first kappa shape index (κ1) is 15.1. The normalized spacial score (nSPS) is 18.7. The molecule has 0 aromatic carbocycles. The van der Waals surface area contributed by atoms with E-state index >= 15 is 0 Å². The van der Waals surface area contributed by atoms with E-state index in [0.29, 0.717) is 13.2 Å². The van der Waals surface area contributed by atoms with Crippen LogP contribution in [0, 0.1) is 0 Å². The number of ether oxygens (including phenoxy) is 1. The van der Waals surface area contributed by atoms with Crippen molar-refractivity contribution < 1.29 is 17.9 Å². The van der Waals surface area contributed by atoms with Gasteiger partial charge in [0, 0.05) is 19.0 Å². The van der Waals surface area contributed by atoms with Crippen molar-refractivity contribution in [3.8, 4) is 0 Å². The van der Waals surface area contributed by atoms with E-state index in [1.54, 1.807) is 0 Å². The van der Waals surface area contributed by atoms with Gasteiger partial charge in [-0.3, -0.25) is 4.79 Å². The monoisotopic (exact) mass is 339 g/mol. The quantitative estimate of drug-likeness (QED) is 0.710. The molecule has 0 aliphatic carbocycles. The van der Waals surface area contributed by atoms with Crippen molar-refractivity contribution in [2.45, 2.75) is 31.7 Å². The second kappa shape index (κ2) is 5.26. The third-order valence-corrected chi connectivity index (χ3v) is 3.98. The molecule has 0 amide bonds. The van der Waals surface area contributed by atoms with E-state index < -0.39 is 12.0 Å². The van der Waals surface area contributed by atoms with Crippen molar-refractivity contribution in [2.24, 2.45) is 0 Å². The van der Waals surface area contributed by atoms with Gasteiger partial charge in [-0.1, -0.05) is 0 Å². The summed E-state index contributed by atoms with van der Waals surface area (Å²) in [5.74, 6) is -1.49. The fourth-order valence-corrected chi connectivity index (χ4v) is 2.83. The molecule has 0 bridgehead atoms. The van der Waals surface area contributed by atoms with Gasteiger partial charge in [-0.15, -0.1) is 5.10 Å². The molecular weight excluding hydrogens is 327 g/mol. The van der Waals surface area contributed by atoms with Crippen molar-refractivity contribution in [1.82, 2.24) is 24.1 Å². The van der Waals surface area contributed by atoms with Gasteiger partial charge < -0.3 is 9.30 Å². The van der Waals surface area contributed by atoms with Gasteiger partial charge in [0.05, 0.1) is 23.6 Å². The molecule has 1 aliphatic rings. The number of alkyl halides is 3. The number of nitrogens with zero attached hydrogens (tertiary/aromatic N) is 5. The number of rotatable bonds is 2. The molecule has 1 fully saturated rings. The number of pyridine rings is 1. The van der Waals surface area contributed by atoms with E-state index in [4.69, 9.17) is 4.74 Å². The first-order valence-corrected chi connectivity index (χ1v) is 7.37. The van der Waals surface area contributed by atoms with Gasteiger partial charge >= 0.3 is 6.18 Å². The Balaban J connectivity index is 1.84. The van der Waals surface area contributed by atoms with Crippen LogP contribution in [0.3, 0.4) is 0 Å². The van der Waals surface area contributed by atoms with Gasteiger partial charge in [-0.2, -0.15) is 22.7 Å². The van der Waals surface area contributed by atoms with Crippen molar-refractivity contribution in [2.75, 3.05) is 6.61 Å². The van der Waals surface area contributed by atoms with Crippen molar-refractivity contribution >= 4 is 16.7 Å². The maximum absolute atomic E-state index is 12.8. The molecule has 0 radical (unpaired) electrons. The Hall–Kier alpha value is -2.49. The molecule has 0 N–H and O–H groups in total. The molecule has 10 heteroatoms. The Kier molecular flexibility index (Phi) is 3.30. The lowest BCUT2D eigenvalue weighted by Gasteiger charge is -2.12. The van der Waals surface area contributed by atoms with Crippen LogP contribution in [-0.2, 0) is 17.5 Å². The summed E-state index contributed by atoms with van der Waals surface area (Å²) in [4.78, 5) is 19.7. The maximum atomic E-state index is 12.8. The molecule has 3 aromatic heterocycles. The van der Waals surface area contributed by atoms with Crippen molar-refractivity contribution in [1.29, 1.82) is 0 Å². The predicted octanol–water partition coefficient (Wildman–Crippen LogP) is 1.64. The summed E-state index contributed by atoms with van der Waals surface area (Å²) in [5, 5.41) is 3.61. The molecule has 126 valence electrons. The van der Waals surface area contributed by atoms with Gasteiger partial charge in [-0.25, -0.2) is 4.98 Å². The van der Waals surface area contributed by atoms with Crippen LogP contribution in [0.25, 0.3) is 16.7 Å². The molecule has 7 nitrogen and oxygen atoms in total. The molecule has 1 atom stereocenters. The third kappa shape index (κ3) is 2.42. The standard InChI is InChI=1S/C14H12F3N5O2/c15-14(16,17)12-19-13-18-6-9-10(22(13)20-12)3-4-21(11(9)23)7-8-2-1-5-24-8/h3-4,6,8H,1-2,5,7H2/t8-/m1/s1. The Morgan fingerprint density at radius 1 is 1.38 bits per heavy atom. The van der Waals surface area contributed by atoms with Crippen LogP contribution >= 0.6 is 0 Å². The second-order valence-electron chi connectivity index (χ2n) is 5.61. The van der Waals surface area contributed by atoms with E-state index in [0.717, 1.165) is 17.4 Å². The number of hydrogen-bond acceptors (Lipinski definition) is 5. The number of hydrogen-bond donors (Lipinski definition) is 0. The van der Waals surface area contributed by atoms with Crippen LogP contribution in [0.15, 0.2) is 23.3 Å². The Labute approximate surface area is 132 Å². The Bertz CT molecular complexity index is 972. The average molecular weight is 339 g/mol. The van der Waals surface area contributed by atoms with Crippen LogP contribution in [0.5, 0.6) is 0 Å². The summed E-state index contributed by atoms with van der Waals surface area (Å²) in [6.07, 6.45) is -0.114. The molecule has 3 aromatic rings. The zero-order valence-electron chi connectivity index (χ0n) is 12.3. The zero-order valence-corrected chi connectivity index (χ0v) is 12.3. The minimum absolute atomic E-state index is 0.0277. The summed E-state index contributed by atoms with van der Waals surface area (Å²) >= 11 is 0. The highest BCUT2D eigenvalue weighted by Gasteiger charge is 2.36. The smallest absolute Gasteiger partial charge is 0.376 e. The molecule has 0 spiro atoms. The lowest BCUT2D eigenvalue weighted by Crippen LogP contribution is -2.26. The summed E-state index contributed by atoms with van der Waals surface area (Å²) in [6, 6.07) is 1.54. The van der Waals surface area contributed by atoms with E-state index in [2.05, 4.69) is 15.1 Å². The fraction of sp³-hybridized carbons (Fsp3) is 0.429. The van der Waals surface area contributed by atoms with E-state index in [-0.39, 0.29) is 28.3 Å². The van der Waals surface area contributed by atoms with Crippen LogP contribution in [0.2, 0.25) is 0 Å². The fourth-order valence-electron chi connectivity index (χ4n) is 2.83. The highest BCUT2D eigenvalue weighted by molar-refractivity contribution is 5.78. The van der Waals surface area contributed by atoms with E-state index in [1.165, 1.54) is 23.0 Å². The minimum Gasteiger partial charge on any atom is -0.376 e. The highest BCUT2D eigenvalue weighted by atomic mass is 19.4. The molecule has 0 saturated carbocycles. The van der Waals surface area contributed by atoms with Crippen LogP contribution in [-0.4, -0.2) is 36.9 Å². The van der Waals surface area contributed by atoms with Gasteiger partial charge in [0.25, 0.3) is 17.2 Å². The largest absolute Gasteiger partial charge is 0.453 e. The first-order chi connectivity index (χ1) is 11.4. The van der Waals surface area contributed by atoms with Crippen LogP contribution < -0.4 is 5.56 Å². The average Bonchev–Trinajstić information content (AvgIpc) is 3.18. The molecule has 0 unspecified atom stereocenters. The second-order valence-corrected chi connectivity index (χ2v) is 5.61.